The molecule has 1 rings (SSSR count). The minimum absolute atomic E-state index is 0.00898. The van der Waals surface area contributed by atoms with Crippen molar-refractivity contribution in [3.8, 4) is 0 Å². The van der Waals surface area contributed by atoms with Crippen molar-refractivity contribution in [1.82, 2.24) is 0 Å². The zero-order valence-electron chi connectivity index (χ0n) is 7.40. The largest absolute Gasteiger partial charge is 0.374 e. The van der Waals surface area contributed by atoms with Gasteiger partial charge in [0.25, 0.3) is 6.43 Å². The lowest BCUT2D eigenvalue weighted by Crippen LogP contribution is -2.24. The molecule has 1 atom stereocenters. The predicted octanol–water partition coefficient (Wildman–Crippen LogP) is 3.54. The predicted molar refractivity (Wildman–Crippen MR) is 50.5 cm³/mol. The first-order chi connectivity index (χ1) is 6.52. The molecule has 0 radical (unpaired) electrons. The Bertz CT molecular complexity index is 317. The Morgan fingerprint density at radius 3 is 2.57 bits per heavy atom. The lowest BCUT2D eigenvalue weighted by atomic mass is 10.2. The third-order valence-corrected chi connectivity index (χ3v) is 2.00. The molecule has 0 spiro atoms. The summed E-state index contributed by atoms with van der Waals surface area (Å²) in [4.78, 5) is 0. The highest BCUT2D eigenvalue weighted by molar-refractivity contribution is 6.31. The Morgan fingerprint density at radius 1 is 1.36 bits per heavy atom. The van der Waals surface area contributed by atoms with Gasteiger partial charge in [-0.1, -0.05) is 17.7 Å². The fraction of sp³-hybridized carbons (Fsp3) is 0.333. The topological polar surface area (TPSA) is 12.0 Å². The van der Waals surface area contributed by atoms with Crippen LogP contribution in [0.25, 0.3) is 0 Å². The van der Waals surface area contributed by atoms with Gasteiger partial charge in [0.15, 0.2) is 5.82 Å². The van der Waals surface area contributed by atoms with Crippen LogP contribution in [0.4, 0.5) is 18.9 Å². The molecule has 0 aromatic heterocycles. The molecule has 0 fully saturated rings. The van der Waals surface area contributed by atoms with Crippen LogP contribution in [0.1, 0.15) is 6.92 Å². The summed E-state index contributed by atoms with van der Waals surface area (Å²) in [6.45, 7) is 1.27. The molecule has 1 N–H and O–H groups in total. The SMILES string of the molecule is CC(Nc1cccc(Cl)c1F)C(F)F. The summed E-state index contributed by atoms with van der Waals surface area (Å²) in [7, 11) is 0. The number of anilines is 1. The lowest BCUT2D eigenvalue weighted by Gasteiger charge is -2.14. The minimum Gasteiger partial charge on any atom is -0.374 e. The van der Waals surface area contributed by atoms with E-state index in [0.29, 0.717) is 0 Å². The van der Waals surface area contributed by atoms with Crippen LogP contribution in [0, 0.1) is 5.82 Å². The monoisotopic (exact) mass is 223 g/mol. The lowest BCUT2D eigenvalue weighted by molar-refractivity contribution is 0.130. The fourth-order valence-corrected chi connectivity index (χ4v) is 1.10. The van der Waals surface area contributed by atoms with Gasteiger partial charge < -0.3 is 5.32 Å². The summed E-state index contributed by atoms with van der Waals surface area (Å²) in [5.74, 6) is -0.707. The molecule has 1 nitrogen and oxygen atoms in total. The van der Waals surface area contributed by atoms with Crippen LogP contribution in [0.2, 0.25) is 5.02 Å². The maximum absolute atomic E-state index is 13.2. The molecule has 0 aliphatic heterocycles. The number of hydrogen-bond donors (Lipinski definition) is 1. The van der Waals surface area contributed by atoms with Crippen molar-refractivity contribution in [1.29, 1.82) is 0 Å². The molecule has 78 valence electrons. The van der Waals surface area contributed by atoms with Gasteiger partial charge in [0, 0.05) is 0 Å². The standard InChI is InChI=1S/C9H9ClF3N/c1-5(9(12)13)14-7-4-2-3-6(10)8(7)11/h2-5,9,14H,1H3. The number of alkyl halides is 2. The highest BCUT2D eigenvalue weighted by Gasteiger charge is 2.16. The van der Waals surface area contributed by atoms with Crippen molar-refractivity contribution in [2.75, 3.05) is 5.32 Å². The van der Waals surface area contributed by atoms with Gasteiger partial charge in [-0.05, 0) is 19.1 Å². The van der Waals surface area contributed by atoms with Crippen LogP contribution in [-0.2, 0) is 0 Å². The molecular weight excluding hydrogens is 215 g/mol. The van der Waals surface area contributed by atoms with Crippen LogP contribution < -0.4 is 5.32 Å². The summed E-state index contributed by atoms with van der Waals surface area (Å²) in [5, 5.41) is 2.25. The molecule has 0 aliphatic rings. The maximum Gasteiger partial charge on any atom is 0.258 e. The Hall–Kier alpha value is -0.900. The van der Waals surface area contributed by atoms with E-state index >= 15 is 0 Å². The van der Waals surface area contributed by atoms with Gasteiger partial charge in [0.2, 0.25) is 0 Å². The van der Waals surface area contributed by atoms with E-state index in [1.54, 1.807) is 0 Å². The number of nitrogens with one attached hydrogen (secondary N) is 1. The molecule has 14 heavy (non-hydrogen) atoms. The van der Waals surface area contributed by atoms with E-state index in [1.807, 2.05) is 0 Å². The van der Waals surface area contributed by atoms with Gasteiger partial charge in [-0.25, -0.2) is 13.2 Å². The van der Waals surface area contributed by atoms with Crippen LogP contribution >= 0.6 is 11.6 Å². The Morgan fingerprint density at radius 2 is 2.00 bits per heavy atom. The molecule has 5 heteroatoms. The van der Waals surface area contributed by atoms with Crippen LogP contribution in [0.15, 0.2) is 18.2 Å². The van der Waals surface area contributed by atoms with Gasteiger partial charge in [-0.3, -0.25) is 0 Å². The van der Waals surface area contributed by atoms with Crippen molar-refractivity contribution >= 4 is 17.3 Å². The van der Waals surface area contributed by atoms with Gasteiger partial charge in [0.05, 0.1) is 16.8 Å². The average molecular weight is 224 g/mol. The van der Waals surface area contributed by atoms with Gasteiger partial charge >= 0.3 is 0 Å². The van der Waals surface area contributed by atoms with Crippen molar-refractivity contribution in [3.63, 3.8) is 0 Å². The van der Waals surface area contributed by atoms with E-state index in [4.69, 9.17) is 11.6 Å². The summed E-state index contributed by atoms with van der Waals surface area (Å²) < 4.78 is 37.4. The molecule has 0 amide bonds. The van der Waals surface area contributed by atoms with E-state index in [-0.39, 0.29) is 10.7 Å². The number of rotatable bonds is 3. The summed E-state index contributed by atoms with van der Waals surface area (Å²) in [6.07, 6.45) is -2.55. The zero-order chi connectivity index (χ0) is 10.7. The average Bonchev–Trinajstić information content (AvgIpc) is 2.12. The van der Waals surface area contributed by atoms with Gasteiger partial charge in [0.1, 0.15) is 0 Å². The van der Waals surface area contributed by atoms with Crippen molar-refractivity contribution in [2.24, 2.45) is 0 Å². The van der Waals surface area contributed by atoms with Crippen molar-refractivity contribution in [3.05, 3.63) is 29.0 Å². The van der Waals surface area contributed by atoms with E-state index in [9.17, 15) is 13.2 Å². The Kier molecular flexibility index (Phi) is 3.63. The molecule has 1 aromatic rings. The smallest absolute Gasteiger partial charge is 0.258 e. The fourth-order valence-electron chi connectivity index (χ4n) is 0.924. The molecule has 0 aliphatic carbocycles. The third-order valence-electron chi connectivity index (χ3n) is 1.71. The second-order valence-corrected chi connectivity index (χ2v) is 3.28. The Balaban J connectivity index is 2.82. The number of benzene rings is 1. The highest BCUT2D eigenvalue weighted by Crippen LogP contribution is 2.23. The van der Waals surface area contributed by atoms with E-state index < -0.39 is 18.3 Å². The molecule has 1 unspecified atom stereocenters. The quantitative estimate of drug-likeness (QED) is 0.827. The van der Waals surface area contributed by atoms with Gasteiger partial charge in [-0.15, -0.1) is 0 Å². The number of hydrogen-bond acceptors (Lipinski definition) is 1. The zero-order valence-corrected chi connectivity index (χ0v) is 8.15. The summed E-state index contributed by atoms with van der Waals surface area (Å²) in [6, 6.07) is 3.10. The second kappa shape index (κ2) is 4.55. The molecule has 0 saturated heterocycles. The summed E-state index contributed by atoms with van der Waals surface area (Å²) >= 11 is 5.47. The molecular formula is C9H9ClF3N. The summed E-state index contributed by atoms with van der Waals surface area (Å²) in [5.41, 5.74) is -0.00898. The van der Waals surface area contributed by atoms with Crippen LogP contribution in [0.3, 0.4) is 0 Å². The second-order valence-electron chi connectivity index (χ2n) is 2.87. The molecule has 1 aromatic carbocycles. The first kappa shape index (κ1) is 11.2. The van der Waals surface area contributed by atoms with Crippen molar-refractivity contribution in [2.45, 2.75) is 19.4 Å². The highest BCUT2D eigenvalue weighted by atomic mass is 35.5. The van der Waals surface area contributed by atoms with E-state index in [0.717, 1.165) is 0 Å². The molecule has 0 saturated carbocycles. The van der Waals surface area contributed by atoms with E-state index in [1.165, 1.54) is 25.1 Å². The minimum atomic E-state index is -2.55. The normalized spacial score (nSPS) is 13.0. The maximum atomic E-state index is 13.2. The van der Waals surface area contributed by atoms with Crippen LogP contribution in [0.5, 0.6) is 0 Å². The third kappa shape index (κ3) is 2.54. The number of halogens is 4. The van der Waals surface area contributed by atoms with Crippen molar-refractivity contribution < 1.29 is 13.2 Å². The first-order valence-corrected chi connectivity index (χ1v) is 4.39. The molecule has 0 heterocycles. The van der Waals surface area contributed by atoms with E-state index in [2.05, 4.69) is 5.32 Å². The molecule has 0 bridgehead atoms. The van der Waals surface area contributed by atoms with Gasteiger partial charge in [-0.2, -0.15) is 0 Å². The first-order valence-electron chi connectivity index (χ1n) is 4.01. The van der Waals surface area contributed by atoms with Crippen LogP contribution in [-0.4, -0.2) is 12.5 Å². The Labute approximate surface area is 84.9 Å².